The minimum Gasteiger partial charge on any atom is -0.399 e. The third kappa shape index (κ3) is 3.72. The molecule has 5 nitrogen and oxygen atoms in total. The van der Waals surface area contributed by atoms with Crippen molar-refractivity contribution in [2.24, 2.45) is 5.92 Å². The van der Waals surface area contributed by atoms with Crippen molar-refractivity contribution in [3.63, 3.8) is 0 Å². The van der Waals surface area contributed by atoms with Crippen molar-refractivity contribution in [1.29, 1.82) is 0 Å². The molecular formula is C14H22N2O3S. The van der Waals surface area contributed by atoms with E-state index in [4.69, 9.17) is 5.73 Å². The minimum absolute atomic E-state index is 0.0392. The maximum atomic E-state index is 12.3. The zero-order valence-electron chi connectivity index (χ0n) is 12.3. The smallest absolute Gasteiger partial charge is 0.242 e. The Morgan fingerprint density at radius 1 is 1.20 bits per heavy atom. The van der Waals surface area contributed by atoms with Crippen LogP contribution in [-0.2, 0) is 14.6 Å². The second-order valence-corrected chi connectivity index (χ2v) is 7.92. The Kier molecular flexibility index (Phi) is 5.16. The molecule has 20 heavy (non-hydrogen) atoms. The Balaban J connectivity index is 2.87. The van der Waals surface area contributed by atoms with Gasteiger partial charge in [0.15, 0.2) is 9.84 Å². The Bertz CT molecular complexity index is 582. The third-order valence-corrected chi connectivity index (χ3v) is 6.25. The number of nitrogens with one attached hydrogen (secondary N) is 1. The van der Waals surface area contributed by atoms with Gasteiger partial charge in [-0.2, -0.15) is 0 Å². The van der Waals surface area contributed by atoms with Crippen molar-refractivity contribution in [1.82, 2.24) is 0 Å². The molecule has 0 aliphatic rings. The fraction of sp³-hybridized carbons (Fsp3) is 0.500. The van der Waals surface area contributed by atoms with Gasteiger partial charge in [0, 0.05) is 11.4 Å². The standard InChI is InChI=1S/C14H22N2O3S/c1-9(2)10(3)20(18,19)11(4)14(17)16-13-7-5-6-12(15)8-13/h5-11H,15H2,1-4H3,(H,16,17). The molecule has 1 amide bonds. The van der Waals surface area contributed by atoms with Crippen LogP contribution in [0.15, 0.2) is 24.3 Å². The number of amides is 1. The fourth-order valence-electron chi connectivity index (χ4n) is 1.71. The van der Waals surface area contributed by atoms with E-state index in [9.17, 15) is 13.2 Å². The summed E-state index contributed by atoms with van der Waals surface area (Å²) in [4.78, 5) is 12.1. The van der Waals surface area contributed by atoms with E-state index < -0.39 is 26.2 Å². The molecule has 0 bridgehead atoms. The number of hydrogen-bond acceptors (Lipinski definition) is 4. The number of benzene rings is 1. The highest BCUT2D eigenvalue weighted by atomic mass is 32.2. The number of rotatable bonds is 5. The van der Waals surface area contributed by atoms with Gasteiger partial charge in [0.1, 0.15) is 5.25 Å². The first-order chi connectivity index (χ1) is 9.16. The van der Waals surface area contributed by atoms with Gasteiger partial charge in [0.25, 0.3) is 0 Å². The Morgan fingerprint density at radius 3 is 2.30 bits per heavy atom. The number of nitrogens with two attached hydrogens (primary N) is 1. The average molecular weight is 298 g/mol. The number of carbonyl (C=O) groups is 1. The van der Waals surface area contributed by atoms with Crippen molar-refractivity contribution < 1.29 is 13.2 Å². The molecule has 0 aliphatic heterocycles. The molecule has 112 valence electrons. The lowest BCUT2D eigenvalue weighted by molar-refractivity contribution is -0.115. The highest BCUT2D eigenvalue weighted by molar-refractivity contribution is 7.93. The van der Waals surface area contributed by atoms with E-state index in [-0.39, 0.29) is 5.92 Å². The maximum Gasteiger partial charge on any atom is 0.242 e. The molecular weight excluding hydrogens is 276 g/mol. The molecule has 2 unspecified atom stereocenters. The monoisotopic (exact) mass is 298 g/mol. The van der Waals surface area contributed by atoms with E-state index in [2.05, 4.69) is 5.32 Å². The number of hydrogen-bond donors (Lipinski definition) is 2. The van der Waals surface area contributed by atoms with Gasteiger partial charge in [-0.05, 0) is 38.0 Å². The largest absolute Gasteiger partial charge is 0.399 e. The Labute approximate surface area is 120 Å². The van der Waals surface area contributed by atoms with Gasteiger partial charge in [0.2, 0.25) is 5.91 Å². The highest BCUT2D eigenvalue weighted by Crippen LogP contribution is 2.19. The summed E-state index contributed by atoms with van der Waals surface area (Å²) in [5, 5.41) is 0.923. The van der Waals surface area contributed by atoms with Crippen molar-refractivity contribution in [3.8, 4) is 0 Å². The highest BCUT2D eigenvalue weighted by Gasteiger charge is 2.34. The van der Waals surface area contributed by atoms with E-state index in [0.717, 1.165) is 0 Å². The second kappa shape index (κ2) is 6.26. The summed E-state index contributed by atoms with van der Waals surface area (Å²) in [6, 6.07) is 6.64. The van der Waals surface area contributed by atoms with Crippen LogP contribution < -0.4 is 11.1 Å². The SMILES string of the molecule is CC(C)C(C)S(=O)(=O)C(C)C(=O)Nc1cccc(N)c1. The Morgan fingerprint density at radius 2 is 1.80 bits per heavy atom. The lowest BCUT2D eigenvalue weighted by Crippen LogP contribution is -2.39. The molecule has 3 N–H and O–H groups in total. The number of anilines is 2. The van der Waals surface area contributed by atoms with Crippen LogP contribution in [-0.4, -0.2) is 24.8 Å². The van der Waals surface area contributed by atoms with Crippen LogP contribution in [0.5, 0.6) is 0 Å². The number of nitrogen functional groups attached to an aromatic ring is 1. The van der Waals surface area contributed by atoms with Crippen molar-refractivity contribution in [3.05, 3.63) is 24.3 Å². The quantitative estimate of drug-likeness (QED) is 0.814. The van der Waals surface area contributed by atoms with Crippen LogP contribution >= 0.6 is 0 Å². The van der Waals surface area contributed by atoms with Crippen LogP contribution in [0, 0.1) is 5.92 Å². The van der Waals surface area contributed by atoms with E-state index in [1.807, 2.05) is 13.8 Å². The molecule has 0 heterocycles. The normalized spacial score (nSPS) is 14.8. The summed E-state index contributed by atoms with van der Waals surface area (Å²) < 4.78 is 24.6. The molecule has 0 fully saturated rings. The molecule has 6 heteroatoms. The molecule has 0 aliphatic carbocycles. The number of sulfone groups is 1. The van der Waals surface area contributed by atoms with Crippen molar-refractivity contribution >= 4 is 27.1 Å². The van der Waals surface area contributed by atoms with Crippen LogP contribution in [0.25, 0.3) is 0 Å². The third-order valence-electron chi connectivity index (χ3n) is 3.47. The first-order valence-corrected chi connectivity index (χ1v) is 8.16. The number of carbonyl (C=O) groups excluding carboxylic acids is 1. The van der Waals surface area contributed by atoms with Crippen LogP contribution in [0.4, 0.5) is 11.4 Å². The summed E-state index contributed by atoms with van der Waals surface area (Å²) in [6.07, 6.45) is 0. The predicted octanol–water partition coefficient (Wildman–Crippen LogP) is 2.06. The van der Waals surface area contributed by atoms with E-state index in [1.54, 1.807) is 31.2 Å². The lowest BCUT2D eigenvalue weighted by atomic mass is 10.2. The van der Waals surface area contributed by atoms with Gasteiger partial charge in [0.05, 0.1) is 5.25 Å². The summed E-state index contributed by atoms with van der Waals surface area (Å²) in [5.74, 6) is -0.578. The molecule has 0 radical (unpaired) electrons. The summed E-state index contributed by atoms with van der Waals surface area (Å²) in [5.41, 5.74) is 6.62. The van der Waals surface area contributed by atoms with Crippen molar-refractivity contribution in [2.75, 3.05) is 11.1 Å². The van der Waals surface area contributed by atoms with Gasteiger partial charge in [-0.25, -0.2) is 8.42 Å². The molecule has 0 saturated carbocycles. The van der Waals surface area contributed by atoms with Gasteiger partial charge in [-0.3, -0.25) is 4.79 Å². The molecule has 1 aromatic rings. The van der Waals surface area contributed by atoms with E-state index in [0.29, 0.717) is 11.4 Å². The molecule has 0 aromatic heterocycles. The van der Waals surface area contributed by atoms with Crippen LogP contribution in [0.1, 0.15) is 27.7 Å². The van der Waals surface area contributed by atoms with Crippen LogP contribution in [0.2, 0.25) is 0 Å². The summed E-state index contributed by atoms with van der Waals surface area (Å²) in [6.45, 7) is 6.69. The van der Waals surface area contributed by atoms with Gasteiger partial charge in [-0.15, -0.1) is 0 Å². The topological polar surface area (TPSA) is 89.3 Å². The van der Waals surface area contributed by atoms with E-state index >= 15 is 0 Å². The maximum absolute atomic E-state index is 12.3. The molecule has 1 rings (SSSR count). The zero-order chi connectivity index (χ0) is 15.5. The fourth-order valence-corrected chi connectivity index (χ4v) is 3.47. The molecule has 0 spiro atoms. The molecule has 2 atom stereocenters. The van der Waals surface area contributed by atoms with Gasteiger partial charge < -0.3 is 11.1 Å². The molecule has 0 saturated heterocycles. The summed E-state index contributed by atoms with van der Waals surface area (Å²) in [7, 11) is -3.51. The molecule has 1 aromatic carbocycles. The predicted molar refractivity (Wildman–Crippen MR) is 82.2 cm³/mol. The zero-order valence-corrected chi connectivity index (χ0v) is 13.1. The minimum atomic E-state index is -3.51. The summed E-state index contributed by atoms with van der Waals surface area (Å²) >= 11 is 0. The average Bonchev–Trinajstić information content (AvgIpc) is 2.36. The Hall–Kier alpha value is -1.56. The van der Waals surface area contributed by atoms with Crippen molar-refractivity contribution in [2.45, 2.75) is 38.2 Å². The van der Waals surface area contributed by atoms with Gasteiger partial charge in [-0.1, -0.05) is 19.9 Å². The first-order valence-electron chi connectivity index (χ1n) is 6.55. The second-order valence-electron chi connectivity index (χ2n) is 5.30. The van der Waals surface area contributed by atoms with E-state index in [1.165, 1.54) is 6.92 Å². The van der Waals surface area contributed by atoms with Crippen LogP contribution in [0.3, 0.4) is 0 Å². The van der Waals surface area contributed by atoms with Gasteiger partial charge >= 0.3 is 0 Å². The lowest BCUT2D eigenvalue weighted by Gasteiger charge is -2.21. The first kappa shape index (κ1) is 16.5.